The van der Waals surface area contributed by atoms with Crippen LogP contribution in [0.25, 0.3) is 0 Å². The highest BCUT2D eigenvalue weighted by Gasteiger charge is 2.66. The first-order valence-electron chi connectivity index (χ1n) is 7.84. The van der Waals surface area contributed by atoms with E-state index in [0.29, 0.717) is 5.92 Å². The van der Waals surface area contributed by atoms with Gasteiger partial charge in [-0.25, -0.2) is 0 Å². The maximum absolute atomic E-state index is 11.4. The fourth-order valence-electron chi connectivity index (χ4n) is 7.46. The Kier molecular flexibility index (Phi) is 1.68. The molecule has 5 saturated carbocycles. The van der Waals surface area contributed by atoms with Crippen LogP contribution in [0.15, 0.2) is 0 Å². The van der Waals surface area contributed by atoms with E-state index in [1.165, 1.54) is 38.4 Å². The predicted octanol–water partition coefficient (Wildman–Crippen LogP) is 3.14. The molecule has 0 N–H and O–H groups in total. The van der Waals surface area contributed by atoms with Crippen molar-refractivity contribution in [1.29, 1.82) is 0 Å². The van der Waals surface area contributed by atoms with Gasteiger partial charge in [0.2, 0.25) is 0 Å². The highest BCUT2D eigenvalue weighted by Crippen LogP contribution is 2.71. The summed E-state index contributed by atoms with van der Waals surface area (Å²) in [5, 5.41) is 0. The Labute approximate surface area is 103 Å². The number of carbonyl (C=O) groups excluding carboxylic acids is 1. The zero-order chi connectivity index (χ0) is 11.1. The molecule has 5 aliphatic carbocycles. The largest absolute Gasteiger partial charge is 0.303 e. The molecule has 4 bridgehead atoms. The van der Waals surface area contributed by atoms with Crippen LogP contribution in [0.3, 0.4) is 0 Å². The number of hydrogen-bond donors (Lipinski definition) is 0. The van der Waals surface area contributed by atoms with Gasteiger partial charge in [0, 0.05) is 5.92 Å². The molecule has 9 atom stereocenters. The summed E-state index contributed by atoms with van der Waals surface area (Å²) in [6.45, 7) is 0. The van der Waals surface area contributed by atoms with Crippen molar-refractivity contribution in [2.45, 2.75) is 38.5 Å². The molecule has 0 radical (unpaired) electrons. The van der Waals surface area contributed by atoms with Gasteiger partial charge in [-0.05, 0) is 85.9 Å². The topological polar surface area (TPSA) is 17.1 Å². The number of carbonyl (C=O) groups is 1. The van der Waals surface area contributed by atoms with Crippen LogP contribution in [0.4, 0.5) is 0 Å². The smallest absolute Gasteiger partial charge is 0.123 e. The van der Waals surface area contributed by atoms with Gasteiger partial charge >= 0.3 is 0 Å². The molecule has 0 spiro atoms. The maximum Gasteiger partial charge on any atom is 0.123 e. The van der Waals surface area contributed by atoms with Gasteiger partial charge in [-0.2, -0.15) is 0 Å². The highest BCUT2D eigenvalue weighted by atomic mass is 16.1. The summed E-state index contributed by atoms with van der Waals surface area (Å²) >= 11 is 0. The normalized spacial score (nSPS) is 66.2. The highest BCUT2D eigenvalue weighted by molar-refractivity contribution is 5.57. The molecular weight excluding hydrogens is 208 g/mol. The van der Waals surface area contributed by atoms with Gasteiger partial charge in [-0.1, -0.05) is 0 Å². The zero-order valence-electron chi connectivity index (χ0n) is 10.4. The van der Waals surface area contributed by atoms with Crippen LogP contribution < -0.4 is 0 Å². The van der Waals surface area contributed by atoms with Crippen LogP contribution in [-0.4, -0.2) is 6.29 Å². The van der Waals surface area contributed by atoms with Crippen molar-refractivity contribution in [2.75, 3.05) is 0 Å². The number of rotatable bonds is 1. The molecule has 5 fully saturated rings. The maximum atomic E-state index is 11.4. The van der Waals surface area contributed by atoms with E-state index in [-0.39, 0.29) is 0 Å². The molecule has 92 valence electrons. The second-order valence-electron chi connectivity index (χ2n) is 7.67. The van der Waals surface area contributed by atoms with Crippen molar-refractivity contribution in [3.8, 4) is 0 Å². The lowest BCUT2D eigenvalue weighted by atomic mass is 9.72. The van der Waals surface area contributed by atoms with Crippen molar-refractivity contribution >= 4 is 6.29 Å². The van der Waals surface area contributed by atoms with Gasteiger partial charge in [0.25, 0.3) is 0 Å². The Morgan fingerprint density at radius 2 is 1.53 bits per heavy atom. The lowest BCUT2D eigenvalue weighted by molar-refractivity contribution is -0.112. The number of fused-ring (bicyclic) bond motifs is 11. The predicted molar refractivity (Wildman–Crippen MR) is 65.2 cm³/mol. The summed E-state index contributed by atoms with van der Waals surface area (Å²) in [6.07, 6.45) is 10.2. The van der Waals surface area contributed by atoms with Crippen LogP contribution in [0, 0.1) is 53.3 Å². The van der Waals surface area contributed by atoms with E-state index < -0.39 is 0 Å². The summed E-state index contributed by atoms with van der Waals surface area (Å²) in [4.78, 5) is 11.4. The second-order valence-corrected chi connectivity index (χ2v) is 7.67. The molecule has 5 rings (SSSR count). The first-order chi connectivity index (χ1) is 8.38. The Hall–Kier alpha value is -0.330. The quantitative estimate of drug-likeness (QED) is 0.632. The lowest BCUT2D eigenvalue weighted by Crippen LogP contribution is -2.28. The summed E-state index contributed by atoms with van der Waals surface area (Å²) in [6, 6.07) is 0. The second kappa shape index (κ2) is 2.97. The third-order valence-electron chi connectivity index (χ3n) is 7.66. The minimum absolute atomic E-state index is 0.477. The van der Waals surface area contributed by atoms with Crippen molar-refractivity contribution in [3.63, 3.8) is 0 Å². The van der Waals surface area contributed by atoms with Crippen LogP contribution in [0.2, 0.25) is 0 Å². The Morgan fingerprint density at radius 1 is 0.706 bits per heavy atom. The van der Waals surface area contributed by atoms with Crippen molar-refractivity contribution in [2.24, 2.45) is 53.3 Å². The van der Waals surface area contributed by atoms with Crippen molar-refractivity contribution in [1.82, 2.24) is 0 Å². The van der Waals surface area contributed by atoms with Gasteiger partial charge in [0.15, 0.2) is 0 Å². The number of hydrogen-bond acceptors (Lipinski definition) is 1. The van der Waals surface area contributed by atoms with Crippen LogP contribution in [-0.2, 0) is 4.79 Å². The molecule has 0 aromatic rings. The molecular formula is C16H22O. The summed E-state index contributed by atoms with van der Waals surface area (Å²) in [5.41, 5.74) is 0. The fourth-order valence-corrected chi connectivity index (χ4v) is 7.46. The minimum Gasteiger partial charge on any atom is -0.303 e. The van der Waals surface area contributed by atoms with Crippen LogP contribution in [0.5, 0.6) is 0 Å². The molecule has 1 nitrogen and oxygen atoms in total. The van der Waals surface area contributed by atoms with Crippen molar-refractivity contribution < 1.29 is 4.79 Å². The van der Waals surface area contributed by atoms with Crippen LogP contribution >= 0.6 is 0 Å². The number of aldehydes is 1. The van der Waals surface area contributed by atoms with Gasteiger partial charge in [0.1, 0.15) is 6.29 Å². The molecule has 0 amide bonds. The minimum atomic E-state index is 0.477. The van der Waals surface area contributed by atoms with Gasteiger partial charge in [-0.15, -0.1) is 0 Å². The Balaban J connectivity index is 1.55. The van der Waals surface area contributed by atoms with E-state index in [9.17, 15) is 4.79 Å². The molecule has 9 unspecified atom stereocenters. The summed E-state index contributed by atoms with van der Waals surface area (Å²) in [5.74, 6) is 8.41. The van der Waals surface area contributed by atoms with Gasteiger partial charge < -0.3 is 4.79 Å². The standard InChI is InChI=1S/C16H22O/c17-7-14-10-3-4-11(14)16-13(10)6-12-8-1-2-9(5-8)15(12)16/h7-16H,1-6H2. The van der Waals surface area contributed by atoms with E-state index in [1.807, 2.05) is 0 Å². The molecule has 0 saturated heterocycles. The van der Waals surface area contributed by atoms with Crippen LogP contribution in [0.1, 0.15) is 38.5 Å². The summed E-state index contributed by atoms with van der Waals surface area (Å²) < 4.78 is 0. The molecule has 0 aliphatic heterocycles. The monoisotopic (exact) mass is 230 g/mol. The van der Waals surface area contributed by atoms with E-state index in [1.54, 1.807) is 6.42 Å². The third kappa shape index (κ3) is 0.945. The SMILES string of the molecule is O=CC1C2CCC1C1C2CC2C3CCC(C3)C21. The van der Waals surface area contributed by atoms with E-state index in [4.69, 9.17) is 0 Å². The third-order valence-corrected chi connectivity index (χ3v) is 7.66. The fraction of sp³-hybridized carbons (Fsp3) is 0.938. The molecule has 0 aromatic carbocycles. The average molecular weight is 230 g/mol. The van der Waals surface area contributed by atoms with Crippen molar-refractivity contribution in [3.05, 3.63) is 0 Å². The summed E-state index contributed by atoms with van der Waals surface area (Å²) in [7, 11) is 0. The average Bonchev–Trinajstić information content (AvgIpc) is 3.11. The molecule has 17 heavy (non-hydrogen) atoms. The van der Waals surface area contributed by atoms with E-state index in [2.05, 4.69) is 0 Å². The molecule has 0 aromatic heterocycles. The van der Waals surface area contributed by atoms with Gasteiger partial charge in [0.05, 0.1) is 0 Å². The molecule has 1 heteroatoms. The molecule has 5 aliphatic rings. The first-order valence-corrected chi connectivity index (χ1v) is 7.84. The lowest BCUT2D eigenvalue weighted by Gasteiger charge is -2.33. The Bertz CT molecular complexity index is 376. The van der Waals surface area contributed by atoms with E-state index in [0.717, 1.165) is 47.3 Å². The van der Waals surface area contributed by atoms with Gasteiger partial charge in [-0.3, -0.25) is 0 Å². The first kappa shape index (κ1) is 9.58. The van der Waals surface area contributed by atoms with E-state index >= 15 is 0 Å². The Morgan fingerprint density at radius 3 is 2.41 bits per heavy atom. The molecule has 0 heterocycles. The zero-order valence-corrected chi connectivity index (χ0v) is 10.4.